The molecule has 0 heterocycles. The number of halogens is 1. The van der Waals surface area contributed by atoms with Crippen molar-refractivity contribution in [1.82, 2.24) is 10.2 Å². The zero-order valence-electron chi connectivity index (χ0n) is 19.0. The summed E-state index contributed by atoms with van der Waals surface area (Å²) in [5.74, 6) is 1.01. The highest BCUT2D eigenvalue weighted by atomic mass is 35.5. The summed E-state index contributed by atoms with van der Waals surface area (Å²) >= 11 is 7.98. The Labute approximate surface area is 201 Å². The minimum Gasteiger partial charge on any atom is -0.352 e. The van der Waals surface area contributed by atoms with Crippen LogP contribution in [0.4, 0.5) is 0 Å². The van der Waals surface area contributed by atoms with Gasteiger partial charge in [-0.1, -0.05) is 73.8 Å². The fourth-order valence-electron chi connectivity index (χ4n) is 4.20. The first-order valence-corrected chi connectivity index (χ1v) is 13.0. The second-order valence-electron chi connectivity index (χ2n) is 8.45. The van der Waals surface area contributed by atoms with Gasteiger partial charge in [0.25, 0.3) is 0 Å². The minimum atomic E-state index is -0.501. The molecule has 0 bridgehead atoms. The van der Waals surface area contributed by atoms with E-state index >= 15 is 0 Å². The number of hydrogen-bond acceptors (Lipinski definition) is 3. The maximum absolute atomic E-state index is 13.4. The monoisotopic (exact) mass is 472 g/mol. The first kappa shape index (κ1) is 24.7. The average Bonchev–Trinajstić information content (AvgIpc) is 3.29. The molecular formula is C26H33ClN2O2S. The number of thioether (sulfide) groups is 1. The molecule has 2 aromatic rings. The van der Waals surface area contributed by atoms with Gasteiger partial charge in [-0.25, -0.2) is 0 Å². The van der Waals surface area contributed by atoms with Crippen molar-refractivity contribution in [2.24, 2.45) is 0 Å². The molecule has 1 fully saturated rings. The van der Waals surface area contributed by atoms with E-state index in [9.17, 15) is 9.59 Å². The third-order valence-corrected chi connectivity index (χ3v) is 7.47. The Balaban J connectivity index is 1.72. The molecule has 6 heteroatoms. The molecule has 0 saturated heterocycles. The number of nitrogens with one attached hydrogen (secondary N) is 1. The second-order valence-corrected chi connectivity index (χ2v) is 9.84. The van der Waals surface area contributed by atoms with E-state index in [2.05, 4.69) is 24.4 Å². The molecule has 0 aromatic heterocycles. The summed E-state index contributed by atoms with van der Waals surface area (Å²) in [7, 11) is 0. The van der Waals surface area contributed by atoms with Crippen LogP contribution in [0.25, 0.3) is 0 Å². The number of benzene rings is 2. The first-order chi connectivity index (χ1) is 15.5. The van der Waals surface area contributed by atoms with Gasteiger partial charge in [0.2, 0.25) is 11.8 Å². The summed E-state index contributed by atoms with van der Waals surface area (Å²) in [4.78, 5) is 28.2. The Bertz CT molecular complexity index is 914. The molecule has 1 saturated carbocycles. The standard InChI is InChI=1S/C26H33ClN2O2S/c1-3-24(26(31)28-22-13-7-8-14-22)29(16-20-11-6-9-15-23(20)27)25(30)18-32-17-21-12-5-4-10-19(21)2/h4-6,9-12,15,22,24H,3,7-8,13-14,16-18H2,1-2H3,(H,28,31). The SMILES string of the molecule is CCC(C(=O)NC1CCCC1)N(Cc1ccccc1Cl)C(=O)CSCc1ccccc1C. The summed E-state index contributed by atoms with van der Waals surface area (Å²) < 4.78 is 0. The van der Waals surface area contributed by atoms with Crippen LogP contribution in [0.3, 0.4) is 0 Å². The van der Waals surface area contributed by atoms with Crippen molar-refractivity contribution in [2.45, 2.75) is 70.3 Å². The Morgan fingerprint density at radius 2 is 1.75 bits per heavy atom. The number of aryl methyl sites for hydroxylation is 1. The first-order valence-electron chi connectivity index (χ1n) is 11.4. The highest BCUT2D eigenvalue weighted by molar-refractivity contribution is 7.99. The molecule has 1 atom stereocenters. The van der Waals surface area contributed by atoms with Crippen LogP contribution in [0.2, 0.25) is 5.02 Å². The number of carbonyl (C=O) groups is 2. The molecule has 0 spiro atoms. The molecule has 1 aliphatic carbocycles. The number of nitrogens with zero attached hydrogens (tertiary/aromatic N) is 1. The molecule has 32 heavy (non-hydrogen) atoms. The van der Waals surface area contributed by atoms with Crippen molar-refractivity contribution in [1.29, 1.82) is 0 Å². The van der Waals surface area contributed by atoms with Crippen molar-refractivity contribution in [3.8, 4) is 0 Å². The van der Waals surface area contributed by atoms with E-state index in [4.69, 9.17) is 11.6 Å². The molecule has 172 valence electrons. The van der Waals surface area contributed by atoms with E-state index in [1.54, 1.807) is 16.7 Å². The van der Waals surface area contributed by atoms with Gasteiger partial charge in [0.1, 0.15) is 6.04 Å². The molecule has 2 amide bonds. The minimum absolute atomic E-state index is 0.0306. The average molecular weight is 473 g/mol. The topological polar surface area (TPSA) is 49.4 Å². The molecule has 3 rings (SSSR count). The fraction of sp³-hybridized carbons (Fsp3) is 0.462. The third kappa shape index (κ3) is 6.76. The lowest BCUT2D eigenvalue weighted by atomic mass is 10.1. The van der Waals surface area contributed by atoms with E-state index in [0.717, 1.165) is 37.0 Å². The van der Waals surface area contributed by atoms with Crippen LogP contribution in [0.15, 0.2) is 48.5 Å². The molecular weight excluding hydrogens is 440 g/mol. The van der Waals surface area contributed by atoms with E-state index in [1.165, 1.54) is 11.1 Å². The van der Waals surface area contributed by atoms with Gasteiger partial charge in [0.05, 0.1) is 5.75 Å². The fourth-order valence-corrected chi connectivity index (χ4v) is 5.38. The van der Waals surface area contributed by atoms with Crippen molar-refractivity contribution in [2.75, 3.05) is 5.75 Å². The lowest BCUT2D eigenvalue weighted by Crippen LogP contribution is -2.51. The predicted octanol–water partition coefficient (Wildman–Crippen LogP) is 5.75. The van der Waals surface area contributed by atoms with Crippen LogP contribution in [-0.4, -0.2) is 34.6 Å². The molecule has 4 nitrogen and oxygen atoms in total. The van der Waals surface area contributed by atoms with E-state index in [1.807, 2.05) is 43.3 Å². The maximum Gasteiger partial charge on any atom is 0.243 e. The van der Waals surface area contributed by atoms with Crippen LogP contribution in [0.1, 0.15) is 55.7 Å². The van der Waals surface area contributed by atoms with Gasteiger partial charge in [-0.3, -0.25) is 9.59 Å². The summed E-state index contributed by atoms with van der Waals surface area (Å²) in [5.41, 5.74) is 3.32. The van der Waals surface area contributed by atoms with Gasteiger partial charge in [-0.15, -0.1) is 11.8 Å². The highest BCUT2D eigenvalue weighted by Crippen LogP contribution is 2.23. The normalized spacial score (nSPS) is 14.8. The lowest BCUT2D eigenvalue weighted by molar-refractivity contribution is -0.139. The maximum atomic E-state index is 13.4. The van der Waals surface area contributed by atoms with E-state index in [0.29, 0.717) is 23.7 Å². The Kier molecular flexibility index (Phi) is 9.49. The smallest absolute Gasteiger partial charge is 0.243 e. The van der Waals surface area contributed by atoms with Gasteiger partial charge in [-0.2, -0.15) is 0 Å². The van der Waals surface area contributed by atoms with Crippen LogP contribution >= 0.6 is 23.4 Å². The zero-order chi connectivity index (χ0) is 22.9. The predicted molar refractivity (Wildman–Crippen MR) is 134 cm³/mol. The summed E-state index contributed by atoms with van der Waals surface area (Å²) in [5, 5.41) is 3.80. The van der Waals surface area contributed by atoms with Crippen LogP contribution in [0, 0.1) is 6.92 Å². The van der Waals surface area contributed by atoms with Crippen molar-refractivity contribution >= 4 is 35.2 Å². The van der Waals surface area contributed by atoms with Gasteiger partial charge in [0.15, 0.2) is 0 Å². The largest absolute Gasteiger partial charge is 0.352 e. The van der Waals surface area contributed by atoms with Crippen LogP contribution in [-0.2, 0) is 21.9 Å². The third-order valence-electron chi connectivity index (χ3n) is 6.13. The van der Waals surface area contributed by atoms with Gasteiger partial charge in [0, 0.05) is 23.4 Å². The van der Waals surface area contributed by atoms with Gasteiger partial charge in [-0.05, 0) is 48.9 Å². The number of amides is 2. The van der Waals surface area contributed by atoms with Crippen LogP contribution in [0.5, 0.6) is 0 Å². The number of carbonyl (C=O) groups excluding carboxylic acids is 2. The quantitative estimate of drug-likeness (QED) is 0.479. The Morgan fingerprint density at radius 1 is 1.09 bits per heavy atom. The number of hydrogen-bond donors (Lipinski definition) is 1. The highest BCUT2D eigenvalue weighted by Gasteiger charge is 2.30. The van der Waals surface area contributed by atoms with Crippen molar-refractivity contribution < 1.29 is 9.59 Å². The summed E-state index contributed by atoms with van der Waals surface area (Å²) in [6, 6.07) is 15.5. The summed E-state index contributed by atoms with van der Waals surface area (Å²) in [6.45, 7) is 4.38. The molecule has 0 aliphatic heterocycles. The molecule has 1 aliphatic rings. The molecule has 2 aromatic carbocycles. The second kappa shape index (κ2) is 12.3. The molecule has 0 radical (unpaired) electrons. The molecule has 1 N–H and O–H groups in total. The van der Waals surface area contributed by atoms with Crippen LogP contribution < -0.4 is 5.32 Å². The van der Waals surface area contributed by atoms with E-state index < -0.39 is 6.04 Å². The zero-order valence-corrected chi connectivity index (χ0v) is 20.6. The van der Waals surface area contributed by atoms with E-state index in [-0.39, 0.29) is 17.9 Å². The van der Waals surface area contributed by atoms with Crippen molar-refractivity contribution in [3.63, 3.8) is 0 Å². The molecule has 1 unspecified atom stereocenters. The Hall–Kier alpha value is -1.98. The summed E-state index contributed by atoms with van der Waals surface area (Å²) in [6.07, 6.45) is 4.91. The van der Waals surface area contributed by atoms with Gasteiger partial charge < -0.3 is 10.2 Å². The Morgan fingerprint density at radius 3 is 2.41 bits per heavy atom. The van der Waals surface area contributed by atoms with Gasteiger partial charge >= 0.3 is 0 Å². The lowest BCUT2D eigenvalue weighted by Gasteiger charge is -2.31. The number of rotatable bonds is 10. The van der Waals surface area contributed by atoms with Crippen molar-refractivity contribution in [3.05, 3.63) is 70.2 Å².